The fourth-order valence-corrected chi connectivity index (χ4v) is 4.28. The van der Waals surface area contributed by atoms with Gasteiger partial charge in [-0.3, -0.25) is 0 Å². The standard InChI is InChI=1S/C23H22ClFN6O/c1-32-16-9-7-15(8-10-16)31-21(26)19-20(13-6-11-18(25)17(24)12-13)28-23(29-22(19)30-31)27-14-4-2-3-5-14/h6-12,14H,2-5,26H2,1H3,(H,27,29,30). The Bertz CT molecular complexity index is 1280. The fraction of sp³-hybridized carbons (Fsp3) is 0.261. The predicted octanol–water partition coefficient (Wildman–Crippen LogP) is 5.22. The molecular weight excluding hydrogens is 431 g/mol. The van der Waals surface area contributed by atoms with Gasteiger partial charge in [0.25, 0.3) is 0 Å². The van der Waals surface area contributed by atoms with Gasteiger partial charge in [-0.1, -0.05) is 24.4 Å². The molecule has 0 aliphatic heterocycles. The summed E-state index contributed by atoms with van der Waals surface area (Å²) in [5.74, 6) is 1.09. The van der Waals surface area contributed by atoms with Crippen LogP contribution in [-0.4, -0.2) is 32.9 Å². The number of ether oxygens (including phenoxy) is 1. The highest BCUT2D eigenvalue weighted by Gasteiger charge is 2.22. The summed E-state index contributed by atoms with van der Waals surface area (Å²) in [6.45, 7) is 0. The Morgan fingerprint density at radius 3 is 2.56 bits per heavy atom. The number of hydrogen-bond donors (Lipinski definition) is 2. The van der Waals surface area contributed by atoms with Crippen LogP contribution < -0.4 is 15.8 Å². The molecule has 0 saturated heterocycles. The maximum absolute atomic E-state index is 13.8. The number of hydrogen-bond acceptors (Lipinski definition) is 6. The van der Waals surface area contributed by atoms with Crippen LogP contribution in [0.2, 0.25) is 5.02 Å². The first-order valence-electron chi connectivity index (χ1n) is 10.5. The molecule has 0 amide bonds. The molecule has 9 heteroatoms. The van der Waals surface area contributed by atoms with Gasteiger partial charge in [-0.15, -0.1) is 5.10 Å². The van der Waals surface area contributed by atoms with Gasteiger partial charge in [0, 0.05) is 11.6 Å². The first-order valence-corrected chi connectivity index (χ1v) is 10.8. The highest BCUT2D eigenvalue weighted by molar-refractivity contribution is 6.31. The van der Waals surface area contributed by atoms with Crippen molar-refractivity contribution >= 4 is 34.4 Å². The van der Waals surface area contributed by atoms with Crippen molar-refractivity contribution in [1.82, 2.24) is 19.7 Å². The summed E-state index contributed by atoms with van der Waals surface area (Å²) in [5.41, 5.74) is 8.92. The minimum absolute atomic E-state index is 0.0145. The predicted molar refractivity (Wildman–Crippen MR) is 124 cm³/mol. The minimum atomic E-state index is -0.494. The van der Waals surface area contributed by atoms with E-state index in [1.165, 1.54) is 18.9 Å². The van der Waals surface area contributed by atoms with Crippen molar-refractivity contribution in [3.05, 3.63) is 53.3 Å². The smallest absolute Gasteiger partial charge is 0.225 e. The second-order valence-electron chi connectivity index (χ2n) is 7.84. The Balaban J connectivity index is 1.68. The largest absolute Gasteiger partial charge is 0.497 e. The van der Waals surface area contributed by atoms with Crippen LogP contribution in [0.5, 0.6) is 5.75 Å². The highest BCUT2D eigenvalue weighted by atomic mass is 35.5. The number of halogens is 2. The monoisotopic (exact) mass is 452 g/mol. The van der Waals surface area contributed by atoms with Crippen LogP contribution in [0.15, 0.2) is 42.5 Å². The molecule has 1 fully saturated rings. The van der Waals surface area contributed by atoms with E-state index in [0.29, 0.717) is 40.1 Å². The first kappa shape index (κ1) is 20.5. The number of nitrogens with zero attached hydrogens (tertiary/aromatic N) is 4. The van der Waals surface area contributed by atoms with Gasteiger partial charge in [0.1, 0.15) is 17.4 Å². The Morgan fingerprint density at radius 1 is 1.12 bits per heavy atom. The minimum Gasteiger partial charge on any atom is -0.497 e. The Hall–Kier alpha value is -3.39. The van der Waals surface area contributed by atoms with E-state index < -0.39 is 5.82 Å². The summed E-state index contributed by atoms with van der Waals surface area (Å²) >= 11 is 6.06. The van der Waals surface area contributed by atoms with Gasteiger partial charge in [0.2, 0.25) is 5.95 Å². The van der Waals surface area contributed by atoms with Crippen LogP contribution in [-0.2, 0) is 0 Å². The van der Waals surface area contributed by atoms with Gasteiger partial charge in [0.05, 0.1) is 28.9 Å². The van der Waals surface area contributed by atoms with Crippen LogP contribution in [0.25, 0.3) is 28.0 Å². The molecule has 5 rings (SSSR count). The normalized spacial score (nSPS) is 14.2. The Kier molecular flexibility index (Phi) is 5.30. The number of nitrogens with one attached hydrogen (secondary N) is 1. The van der Waals surface area contributed by atoms with E-state index in [1.54, 1.807) is 23.9 Å². The first-order chi connectivity index (χ1) is 15.5. The number of aromatic nitrogens is 4. The zero-order valence-electron chi connectivity index (χ0n) is 17.5. The lowest BCUT2D eigenvalue weighted by molar-refractivity contribution is 0.414. The molecule has 1 saturated carbocycles. The Morgan fingerprint density at radius 2 is 1.88 bits per heavy atom. The lowest BCUT2D eigenvalue weighted by Crippen LogP contribution is -2.17. The number of methoxy groups -OCH3 is 1. The van der Waals surface area contributed by atoms with Crippen molar-refractivity contribution in [3.63, 3.8) is 0 Å². The van der Waals surface area contributed by atoms with Gasteiger partial charge in [-0.05, 0) is 55.3 Å². The van der Waals surface area contributed by atoms with E-state index in [4.69, 9.17) is 27.1 Å². The van der Waals surface area contributed by atoms with E-state index in [9.17, 15) is 4.39 Å². The molecule has 0 atom stereocenters. The van der Waals surface area contributed by atoms with Gasteiger partial charge in [-0.25, -0.2) is 14.1 Å². The molecular formula is C23H22ClFN6O. The van der Waals surface area contributed by atoms with Crippen LogP contribution in [0.4, 0.5) is 16.2 Å². The lowest BCUT2D eigenvalue weighted by atomic mass is 10.1. The summed E-state index contributed by atoms with van der Waals surface area (Å²) < 4.78 is 20.7. The summed E-state index contributed by atoms with van der Waals surface area (Å²) in [6, 6.07) is 12.2. The third kappa shape index (κ3) is 3.71. The quantitative estimate of drug-likeness (QED) is 0.431. The zero-order chi connectivity index (χ0) is 22.2. The van der Waals surface area contributed by atoms with Crippen LogP contribution in [0, 0.1) is 5.82 Å². The molecule has 3 N–H and O–H groups in total. The molecule has 0 bridgehead atoms. The van der Waals surface area contributed by atoms with Crippen LogP contribution >= 0.6 is 11.6 Å². The van der Waals surface area contributed by atoms with Crippen molar-refractivity contribution in [1.29, 1.82) is 0 Å². The molecule has 1 aliphatic rings. The molecule has 2 aromatic carbocycles. The fourth-order valence-electron chi connectivity index (χ4n) is 4.10. The van der Waals surface area contributed by atoms with Crippen LogP contribution in [0.1, 0.15) is 25.7 Å². The lowest BCUT2D eigenvalue weighted by Gasteiger charge is -2.13. The zero-order valence-corrected chi connectivity index (χ0v) is 18.2. The molecule has 2 aromatic heterocycles. The maximum atomic E-state index is 13.8. The average molecular weight is 453 g/mol. The second-order valence-corrected chi connectivity index (χ2v) is 8.25. The average Bonchev–Trinajstić information content (AvgIpc) is 3.43. The van der Waals surface area contributed by atoms with Gasteiger partial charge in [0.15, 0.2) is 5.65 Å². The summed E-state index contributed by atoms with van der Waals surface area (Å²) in [6.07, 6.45) is 4.50. The number of benzene rings is 2. The van der Waals surface area contributed by atoms with Gasteiger partial charge >= 0.3 is 0 Å². The molecule has 164 valence electrons. The highest BCUT2D eigenvalue weighted by Crippen LogP contribution is 2.35. The van der Waals surface area contributed by atoms with Crippen molar-refractivity contribution < 1.29 is 9.13 Å². The van der Waals surface area contributed by atoms with E-state index >= 15 is 0 Å². The molecule has 0 unspecified atom stereocenters. The summed E-state index contributed by atoms with van der Waals surface area (Å²) in [7, 11) is 1.61. The maximum Gasteiger partial charge on any atom is 0.225 e. The molecule has 4 aromatic rings. The van der Waals surface area contributed by atoms with Crippen molar-refractivity contribution in [2.75, 3.05) is 18.2 Å². The Labute approximate surface area is 189 Å². The molecule has 7 nitrogen and oxygen atoms in total. The molecule has 0 radical (unpaired) electrons. The van der Waals surface area contributed by atoms with Crippen molar-refractivity contribution in [2.45, 2.75) is 31.7 Å². The van der Waals surface area contributed by atoms with Gasteiger partial charge in [-0.2, -0.15) is 4.98 Å². The van der Waals surface area contributed by atoms with Gasteiger partial charge < -0.3 is 15.8 Å². The molecule has 1 aliphatic carbocycles. The third-order valence-electron chi connectivity index (χ3n) is 5.77. The SMILES string of the molecule is COc1ccc(-n2nc3nc(NC4CCCC4)nc(-c4ccc(F)c(Cl)c4)c3c2N)cc1. The summed E-state index contributed by atoms with van der Waals surface area (Å²) in [5, 5.41) is 8.67. The molecule has 2 heterocycles. The van der Waals surface area contributed by atoms with Crippen LogP contribution in [0.3, 0.4) is 0 Å². The molecule has 0 spiro atoms. The summed E-state index contributed by atoms with van der Waals surface area (Å²) in [4.78, 5) is 9.38. The van der Waals surface area contributed by atoms with E-state index in [2.05, 4.69) is 15.4 Å². The topological polar surface area (TPSA) is 90.9 Å². The number of nitrogens with two attached hydrogens (primary N) is 1. The van der Waals surface area contributed by atoms with E-state index in [0.717, 1.165) is 24.3 Å². The second kappa shape index (κ2) is 8.27. The van der Waals surface area contributed by atoms with E-state index in [-0.39, 0.29) is 5.02 Å². The third-order valence-corrected chi connectivity index (χ3v) is 6.06. The van der Waals surface area contributed by atoms with Crippen molar-refractivity contribution in [2.24, 2.45) is 0 Å². The number of nitrogen functional groups attached to an aromatic ring is 1. The van der Waals surface area contributed by atoms with Crippen molar-refractivity contribution in [3.8, 4) is 22.7 Å². The number of rotatable bonds is 5. The number of anilines is 2. The van der Waals surface area contributed by atoms with E-state index in [1.807, 2.05) is 24.3 Å². The number of fused-ring (bicyclic) bond motifs is 1. The molecule has 32 heavy (non-hydrogen) atoms.